The number of methoxy groups -OCH3 is 1. The number of ether oxygens (including phenoxy) is 1. The van der Waals surface area contributed by atoms with Crippen molar-refractivity contribution in [2.24, 2.45) is 5.92 Å². The van der Waals surface area contributed by atoms with Gasteiger partial charge in [-0.3, -0.25) is 14.7 Å². The lowest BCUT2D eigenvalue weighted by Crippen LogP contribution is -2.36. The van der Waals surface area contributed by atoms with E-state index < -0.39 is 0 Å². The van der Waals surface area contributed by atoms with Crippen molar-refractivity contribution in [1.82, 2.24) is 20.1 Å². The fourth-order valence-electron chi connectivity index (χ4n) is 1.57. The normalized spacial score (nSPS) is 10.5. The Balaban J connectivity index is 2.72. The zero-order chi connectivity index (χ0) is 14.4. The highest BCUT2D eigenvalue weighted by Gasteiger charge is 2.21. The van der Waals surface area contributed by atoms with Crippen LogP contribution in [0, 0.1) is 5.92 Å². The summed E-state index contributed by atoms with van der Waals surface area (Å²) in [6.07, 6.45) is 0.137. The predicted octanol–water partition coefficient (Wildman–Crippen LogP) is 0.0482. The van der Waals surface area contributed by atoms with Gasteiger partial charge in [0.2, 0.25) is 11.8 Å². The van der Waals surface area contributed by atoms with E-state index in [4.69, 9.17) is 5.73 Å². The van der Waals surface area contributed by atoms with E-state index in [1.54, 1.807) is 0 Å². The first-order valence-corrected chi connectivity index (χ1v) is 5.98. The molecular weight excluding hydrogens is 250 g/mol. The first-order chi connectivity index (χ1) is 8.93. The van der Waals surface area contributed by atoms with Crippen molar-refractivity contribution in [2.75, 3.05) is 25.9 Å². The molecule has 0 aromatic carbocycles. The van der Waals surface area contributed by atoms with Gasteiger partial charge in [-0.05, 0) is 5.92 Å². The third kappa shape index (κ3) is 4.57. The van der Waals surface area contributed by atoms with Gasteiger partial charge < -0.3 is 15.4 Å². The molecule has 0 aliphatic heterocycles. The van der Waals surface area contributed by atoms with Crippen LogP contribution < -0.4 is 5.73 Å². The van der Waals surface area contributed by atoms with Crippen LogP contribution >= 0.6 is 0 Å². The second-order valence-electron chi connectivity index (χ2n) is 4.51. The third-order valence-electron chi connectivity index (χ3n) is 2.39. The maximum atomic E-state index is 12.2. The Bertz CT molecular complexity index is 443. The van der Waals surface area contributed by atoms with Crippen molar-refractivity contribution in [3.05, 3.63) is 5.82 Å². The Kier molecular flexibility index (Phi) is 5.28. The summed E-state index contributed by atoms with van der Waals surface area (Å²) in [5, 5.41) is 6.08. The summed E-state index contributed by atoms with van der Waals surface area (Å²) >= 11 is 0. The highest BCUT2D eigenvalue weighted by molar-refractivity contribution is 5.90. The molecule has 8 heteroatoms. The number of nitrogens with one attached hydrogen (secondary N) is 1. The van der Waals surface area contributed by atoms with Gasteiger partial charge >= 0.3 is 5.97 Å². The van der Waals surface area contributed by atoms with Crippen LogP contribution in [0.3, 0.4) is 0 Å². The predicted molar refractivity (Wildman–Crippen MR) is 68.2 cm³/mol. The summed E-state index contributed by atoms with van der Waals surface area (Å²) in [6, 6.07) is 0. The monoisotopic (exact) mass is 269 g/mol. The molecule has 0 spiro atoms. The van der Waals surface area contributed by atoms with Crippen LogP contribution in [0.2, 0.25) is 0 Å². The third-order valence-corrected chi connectivity index (χ3v) is 2.39. The number of nitrogens with two attached hydrogens (primary N) is 1. The maximum Gasteiger partial charge on any atom is 0.307 e. The van der Waals surface area contributed by atoms with Gasteiger partial charge in [0, 0.05) is 13.1 Å². The molecule has 1 aromatic rings. The van der Waals surface area contributed by atoms with E-state index in [-0.39, 0.29) is 42.5 Å². The van der Waals surface area contributed by atoms with Gasteiger partial charge in [0.1, 0.15) is 0 Å². The molecule has 0 aliphatic rings. The van der Waals surface area contributed by atoms with E-state index in [9.17, 15) is 9.59 Å². The number of hydrogen-bond acceptors (Lipinski definition) is 6. The molecule has 0 unspecified atom stereocenters. The fourth-order valence-corrected chi connectivity index (χ4v) is 1.57. The van der Waals surface area contributed by atoms with Crippen LogP contribution in [-0.4, -0.2) is 52.2 Å². The molecule has 1 heterocycles. The van der Waals surface area contributed by atoms with E-state index in [2.05, 4.69) is 19.9 Å². The maximum absolute atomic E-state index is 12.2. The molecule has 0 bridgehead atoms. The van der Waals surface area contributed by atoms with E-state index in [0.717, 1.165) is 0 Å². The number of carbonyl (C=O) groups is 2. The van der Waals surface area contributed by atoms with Gasteiger partial charge in [0.25, 0.3) is 5.91 Å². The molecule has 1 amide bonds. The minimum absolute atomic E-state index is 0.0146. The van der Waals surface area contributed by atoms with Crippen LogP contribution in [0.25, 0.3) is 0 Å². The average molecular weight is 269 g/mol. The summed E-state index contributed by atoms with van der Waals surface area (Å²) in [6.45, 7) is 4.74. The zero-order valence-corrected chi connectivity index (χ0v) is 11.3. The Morgan fingerprint density at radius 1 is 1.47 bits per heavy atom. The second kappa shape index (κ2) is 6.72. The van der Waals surface area contributed by atoms with E-state index in [0.29, 0.717) is 6.54 Å². The van der Waals surface area contributed by atoms with Crippen LogP contribution in [-0.2, 0) is 9.53 Å². The van der Waals surface area contributed by atoms with Gasteiger partial charge in [0.05, 0.1) is 13.5 Å². The van der Waals surface area contributed by atoms with Crippen LogP contribution in [0.4, 0.5) is 5.95 Å². The number of H-pyrrole nitrogens is 1. The van der Waals surface area contributed by atoms with E-state index in [1.165, 1.54) is 12.0 Å². The smallest absolute Gasteiger partial charge is 0.307 e. The molecule has 1 rings (SSSR count). The number of amides is 1. The highest BCUT2D eigenvalue weighted by atomic mass is 16.5. The van der Waals surface area contributed by atoms with Crippen LogP contribution in [0.15, 0.2) is 0 Å². The van der Waals surface area contributed by atoms with Crippen molar-refractivity contribution >= 4 is 17.8 Å². The topological polar surface area (TPSA) is 114 Å². The minimum Gasteiger partial charge on any atom is -0.469 e. The summed E-state index contributed by atoms with van der Waals surface area (Å²) in [5.74, 6) is -0.342. The standard InChI is InChI=1S/C11H19N5O3/c1-7(2)6-16(5-4-8(17)19-3)10(18)9-13-11(12)15-14-9/h7H,4-6H2,1-3H3,(H3,12,13,14,15). The SMILES string of the molecule is COC(=O)CCN(CC(C)C)C(=O)c1nc(N)n[nH]1. The Morgan fingerprint density at radius 2 is 2.16 bits per heavy atom. The van der Waals surface area contributed by atoms with Crippen molar-refractivity contribution in [3.8, 4) is 0 Å². The number of aromatic nitrogens is 3. The van der Waals surface area contributed by atoms with Crippen molar-refractivity contribution in [2.45, 2.75) is 20.3 Å². The molecule has 106 valence electrons. The van der Waals surface area contributed by atoms with Gasteiger partial charge in [-0.1, -0.05) is 13.8 Å². The molecule has 3 N–H and O–H groups in total. The minimum atomic E-state index is -0.362. The number of nitrogens with zero attached hydrogens (tertiary/aromatic N) is 3. The Labute approximate surface area is 111 Å². The molecule has 0 atom stereocenters. The van der Waals surface area contributed by atoms with Gasteiger partial charge in [-0.2, -0.15) is 4.98 Å². The number of rotatable bonds is 6. The van der Waals surface area contributed by atoms with E-state index >= 15 is 0 Å². The van der Waals surface area contributed by atoms with Crippen LogP contribution in [0.1, 0.15) is 30.9 Å². The average Bonchev–Trinajstić information content (AvgIpc) is 2.79. The molecular formula is C11H19N5O3. The molecule has 0 fully saturated rings. The molecule has 1 aromatic heterocycles. The Hall–Kier alpha value is -2.12. The molecule has 0 saturated heterocycles. The molecule has 19 heavy (non-hydrogen) atoms. The van der Waals surface area contributed by atoms with Crippen molar-refractivity contribution < 1.29 is 14.3 Å². The van der Waals surface area contributed by atoms with Gasteiger partial charge in [0.15, 0.2) is 0 Å². The lowest BCUT2D eigenvalue weighted by atomic mass is 10.2. The lowest BCUT2D eigenvalue weighted by molar-refractivity contribution is -0.140. The number of anilines is 1. The number of aromatic amines is 1. The number of carbonyl (C=O) groups excluding carboxylic acids is 2. The molecule has 0 saturated carbocycles. The summed E-state index contributed by atoms with van der Waals surface area (Å²) in [5.41, 5.74) is 5.36. The van der Waals surface area contributed by atoms with E-state index in [1.807, 2.05) is 13.8 Å². The fraction of sp³-hybridized carbons (Fsp3) is 0.636. The quantitative estimate of drug-likeness (QED) is 0.705. The second-order valence-corrected chi connectivity index (χ2v) is 4.51. The molecule has 0 radical (unpaired) electrons. The molecule has 0 aliphatic carbocycles. The van der Waals surface area contributed by atoms with Crippen LogP contribution in [0.5, 0.6) is 0 Å². The summed E-state index contributed by atoms with van der Waals surface area (Å²) in [7, 11) is 1.31. The van der Waals surface area contributed by atoms with Crippen molar-refractivity contribution in [3.63, 3.8) is 0 Å². The lowest BCUT2D eigenvalue weighted by Gasteiger charge is -2.22. The summed E-state index contributed by atoms with van der Waals surface area (Å²) < 4.78 is 4.56. The van der Waals surface area contributed by atoms with Gasteiger partial charge in [-0.25, -0.2) is 0 Å². The zero-order valence-electron chi connectivity index (χ0n) is 11.3. The highest BCUT2D eigenvalue weighted by Crippen LogP contribution is 2.06. The number of nitrogen functional groups attached to an aromatic ring is 1. The van der Waals surface area contributed by atoms with Gasteiger partial charge in [-0.15, -0.1) is 5.10 Å². The number of esters is 1. The largest absolute Gasteiger partial charge is 0.469 e. The number of hydrogen-bond donors (Lipinski definition) is 2. The van der Waals surface area contributed by atoms with Crippen molar-refractivity contribution in [1.29, 1.82) is 0 Å². The first kappa shape index (κ1) is 14.9. The summed E-state index contributed by atoms with van der Waals surface area (Å²) in [4.78, 5) is 28.6. The first-order valence-electron chi connectivity index (χ1n) is 5.98. The molecule has 8 nitrogen and oxygen atoms in total. The Morgan fingerprint density at radius 3 is 2.63 bits per heavy atom.